The van der Waals surface area contributed by atoms with Crippen molar-refractivity contribution in [2.45, 2.75) is 52.0 Å². The second-order valence-electron chi connectivity index (χ2n) is 7.44. The van der Waals surface area contributed by atoms with E-state index in [2.05, 4.69) is 50.0 Å². The second kappa shape index (κ2) is 5.52. The second-order valence-corrected chi connectivity index (χ2v) is 8.42. The van der Waals surface area contributed by atoms with Gasteiger partial charge < -0.3 is 0 Å². The van der Waals surface area contributed by atoms with Gasteiger partial charge in [0.05, 0.1) is 0 Å². The first-order valence-corrected chi connectivity index (χ1v) is 9.26. The zero-order valence-corrected chi connectivity index (χ0v) is 15.1. The molecule has 5 heteroatoms. The number of benzene rings is 1. The van der Waals surface area contributed by atoms with Crippen molar-refractivity contribution in [1.82, 2.24) is 14.5 Å². The first kappa shape index (κ1) is 15.5. The molecule has 124 valence electrons. The van der Waals surface area contributed by atoms with Crippen LogP contribution in [0.5, 0.6) is 0 Å². The summed E-state index contributed by atoms with van der Waals surface area (Å²) >= 11 is 1.52. The van der Waals surface area contributed by atoms with Crippen molar-refractivity contribution in [3.8, 4) is 10.6 Å². The number of nitrogens with zero attached hydrogens (tertiary/aromatic N) is 3. The maximum atomic E-state index is 12.7. The van der Waals surface area contributed by atoms with Crippen LogP contribution in [0.1, 0.15) is 45.0 Å². The average molecular weight is 339 g/mol. The summed E-state index contributed by atoms with van der Waals surface area (Å²) in [7, 11) is 0. The van der Waals surface area contributed by atoms with Gasteiger partial charge in [-0.3, -0.25) is 9.36 Å². The average Bonchev–Trinajstić information content (AvgIpc) is 2.99. The Hall–Kier alpha value is -2.01. The molecule has 1 aromatic carbocycles. The molecule has 0 spiro atoms. The Morgan fingerprint density at radius 3 is 2.54 bits per heavy atom. The maximum absolute atomic E-state index is 12.7. The number of rotatable bonds is 1. The highest BCUT2D eigenvalue weighted by Gasteiger charge is 2.19. The minimum absolute atomic E-state index is 0.0171. The molecule has 0 atom stereocenters. The van der Waals surface area contributed by atoms with Crippen molar-refractivity contribution in [3.05, 3.63) is 46.0 Å². The molecule has 0 radical (unpaired) electrons. The Labute approximate surface area is 145 Å². The van der Waals surface area contributed by atoms with Crippen LogP contribution < -0.4 is 5.56 Å². The van der Waals surface area contributed by atoms with Gasteiger partial charge in [0.25, 0.3) is 5.56 Å². The first-order valence-electron chi connectivity index (χ1n) is 8.45. The zero-order valence-electron chi connectivity index (χ0n) is 14.3. The number of aromatic nitrogens is 3. The third kappa shape index (κ3) is 2.57. The highest BCUT2D eigenvalue weighted by molar-refractivity contribution is 7.21. The van der Waals surface area contributed by atoms with Crippen molar-refractivity contribution in [2.75, 3.05) is 0 Å². The Morgan fingerprint density at radius 1 is 1.08 bits per heavy atom. The lowest BCUT2D eigenvalue weighted by molar-refractivity contribution is 0.501. The van der Waals surface area contributed by atoms with Crippen molar-refractivity contribution < 1.29 is 0 Å². The van der Waals surface area contributed by atoms with E-state index in [0.29, 0.717) is 5.52 Å². The topological polar surface area (TPSA) is 47.8 Å². The fourth-order valence-corrected chi connectivity index (χ4v) is 4.12. The normalized spacial score (nSPS) is 14.8. The molecule has 0 amide bonds. The van der Waals surface area contributed by atoms with Gasteiger partial charge >= 0.3 is 0 Å². The van der Waals surface area contributed by atoms with E-state index < -0.39 is 0 Å². The summed E-state index contributed by atoms with van der Waals surface area (Å²) in [6.07, 6.45) is 3.04. The molecule has 3 heterocycles. The monoisotopic (exact) mass is 339 g/mol. The molecule has 3 aromatic rings. The molecule has 0 unspecified atom stereocenters. The summed E-state index contributed by atoms with van der Waals surface area (Å²) in [5, 5.41) is 0.873. The van der Waals surface area contributed by atoms with Crippen LogP contribution in [-0.2, 0) is 18.4 Å². The first-order chi connectivity index (χ1) is 11.4. The molecule has 1 aliphatic heterocycles. The van der Waals surface area contributed by atoms with Crippen LogP contribution >= 0.6 is 11.3 Å². The third-order valence-corrected chi connectivity index (χ3v) is 5.63. The summed E-state index contributed by atoms with van der Waals surface area (Å²) in [6, 6.07) is 8.48. The van der Waals surface area contributed by atoms with E-state index in [1.54, 1.807) is 4.57 Å². The van der Waals surface area contributed by atoms with Crippen LogP contribution in [0.15, 0.2) is 29.1 Å². The maximum Gasteiger partial charge on any atom is 0.280 e. The number of hydrogen-bond donors (Lipinski definition) is 0. The highest BCUT2D eigenvalue weighted by Crippen LogP contribution is 2.30. The molecule has 4 nitrogen and oxygen atoms in total. The number of fused-ring (bicyclic) bond motifs is 2. The van der Waals surface area contributed by atoms with E-state index in [9.17, 15) is 4.79 Å². The molecule has 2 aromatic heterocycles. The summed E-state index contributed by atoms with van der Waals surface area (Å²) in [5.74, 6) is 0.914. The molecular formula is C19H21N3OS. The van der Waals surface area contributed by atoms with Crippen LogP contribution in [0, 0.1) is 0 Å². The predicted octanol–water partition coefficient (Wildman–Crippen LogP) is 4.15. The van der Waals surface area contributed by atoms with Gasteiger partial charge in [0.1, 0.15) is 10.8 Å². The van der Waals surface area contributed by atoms with Gasteiger partial charge in [-0.15, -0.1) is 0 Å². The zero-order chi connectivity index (χ0) is 16.9. The van der Waals surface area contributed by atoms with E-state index in [1.807, 2.05) is 0 Å². The lowest BCUT2D eigenvalue weighted by atomic mass is 9.87. The molecule has 0 N–H and O–H groups in total. The Bertz CT molecular complexity index is 961. The fraction of sp³-hybridized carbons (Fsp3) is 0.421. The van der Waals surface area contributed by atoms with E-state index in [0.717, 1.165) is 47.0 Å². The van der Waals surface area contributed by atoms with Gasteiger partial charge in [-0.1, -0.05) is 56.4 Å². The van der Waals surface area contributed by atoms with E-state index in [-0.39, 0.29) is 11.0 Å². The number of hydrogen-bond acceptors (Lipinski definition) is 4. The predicted molar refractivity (Wildman–Crippen MR) is 98.7 cm³/mol. The van der Waals surface area contributed by atoms with Crippen molar-refractivity contribution >= 4 is 21.7 Å². The van der Waals surface area contributed by atoms with Crippen LogP contribution in [0.3, 0.4) is 0 Å². The molecule has 0 fully saturated rings. The molecule has 4 rings (SSSR count). The number of thiazole rings is 1. The van der Waals surface area contributed by atoms with Crippen LogP contribution in [0.25, 0.3) is 20.9 Å². The summed E-state index contributed by atoms with van der Waals surface area (Å²) in [6.45, 7) is 7.38. The minimum Gasteiger partial charge on any atom is -0.295 e. The lowest BCUT2D eigenvalue weighted by Gasteiger charge is -2.18. The smallest absolute Gasteiger partial charge is 0.280 e. The lowest BCUT2D eigenvalue weighted by Crippen LogP contribution is -2.28. The highest BCUT2D eigenvalue weighted by atomic mass is 32.1. The molecular weight excluding hydrogens is 318 g/mol. The van der Waals surface area contributed by atoms with E-state index in [4.69, 9.17) is 4.98 Å². The van der Waals surface area contributed by atoms with Crippen LogP contribution in [0.2, 0.25) is 0 Å². The Balaban J connectivity index is 1.81. The molecule has 1 aliphatic rings. The van der Waals surface area contributed by atoms with Crippen molar-refractivity contribution in [2.24, 2.45) is 0 Å². The summed E-state index contributed by atoms with van der Waals surface area (Å²) in [4.78, 5) is 22.7. The number of aryl methyl sites for hydroxylation is 1. The van der Waals surface area contributed by atoms with Crippen LogP contribution in [0.4, 0.5) is 0 Å². The molecule has 0 aliphatic carbocycles. The third-order valence-electron chi connectivity index (χ3n) is 4.63. The molecule has 0 saturated carbocycles. The van der Waals surface area contributed by atoms with Crippen molar-refractivity contribution in [1.29, 1.82) is 0 Å². The largest absolute Gasteiger partial charge is 0.295 e. The molecule has 24 heavy (non-hydrogen) atoms. The van der Waals surface area contributed by atoms with Gasteiger partial charge in [-0.05, 0) is 23.8 Å². The standard InChI is InChI=1S/C19H21N3OS/c1-19(2,3)13-9-7-12(8-10-13)16-21-15-17(24-16)20-14-6-4-5-11-22(14)18(15)23/h7-10H,4-6,11H2,1-3H3. The quantitative estimate of drug-likeness (QED) is 0.669. The van der Waals surface area contributed by atoms with E-state index in [1.165, 1.54) is 16.9 Å². The minimum atomic E-state index is 0.0171. The fourth-order valence-electron chi connectivity index (χ4n) is 3.16. The Kier molecular flexibility index (Phi) is 3.57. The van der Waals surface area contributed by atoms with Gasteiger partial charge in [0.2, 0.25) is 0 Å². The molecule has 0 bridgehead atoms. The van der Waals surface area contributed by atoms with Gasteiger partial charge in [0, 0.05) is 18.5 Å². The van der Waals surface area contributed by atoms with Crippen molar-refractivity contribution in [3.63, 3.8) is 0 Å². The Morgan fingerprint density at radius 2 is 1.83 bits per heavy atom. The van der Waals surface area contributed by atoms with Crippen LogP contribution in [-0.4, -0.2) is 14.5 Å². The van der Waals surface area contributed by atoms with Gasteiger partial charge in [-0.25, -0.2) is 9.97 Å². The van der Waals surface area contributed by atoms with Gasteiger partial charge in [0.15, 0.2) is 10.3 Å². The SMILES string of the molecule is CC(C)(C)c1ccc(-c2nc3c(=O)n4c(nc3s2)CCCC4)cc1. The molecule has 0 saturated heterocycles. The van der Waals surface area contributed by atoms with Gasteiger partial charge in [-0.2, -0.15) is 0 Å². The van der Waals surface area contributed by atoms with E-state index >= 15 is 0 Å². The summed E-state index contributed by atoms with van der Waals surface area (Å²) < 4.78 is 1.80. The summed E-state index contributed by atoms with van der Waals surface area (Å²) in [5.41, 5.74) is 3.00.